The molecule has 0 saturated carbocycles. The third-order valence-electron chi connectivity index (χ3n) is 3.94. The summed E-state index contributed by atoms with van der Waals surface area (Å²) in [6.45, 7) is 0. The Morgan fingerprint density at radius 2 is 1.88 bits per heavy atom. The van der Waals surface area contributed by atoms with Crippen molar-refractivity contribution in [3.05, 3.63) is 97.5 Å². The molecular formula is C20H13BrClN3O6S. The van der Waals surface area contributed by atoms with Gasteiger partial charge in [-0.2, -0.15) is 13.5 Å². The SMILES string of the molecule is O=C(N/N=C\c1ccc(OS(=O)(=O)c2cccc([N+](=O)[O-])c2)c(Br)c1)c1cccc(Cl)c1. The first-order valence-corrected chi connectivity index (χ1v) is 11.3. The molecule has 0 aliphatic heterocycles. The summed E-state index contributed by atoms with van der Waals surface area (Å²) < 4.78 is 30.3. The molecule has 0 atom stereocenters. The molecule has 0 aliphatic rings. The second-order valence-corrected chi connectivity index (χ2v) is 9.03. The molecule has 0 spiro atoms. The molecule has 0 aliphatic carbocycles. The van der Waals surface area contributed by atoms with Crippen LogP contribution in [0, 0.1) is 10.1 Å². The van der Waals surface area contributed by atoms with Crippen LogP contribution in [0.3, 0.4) is 0 Å². The molecule has 1 amide bonds. The van der Waals surface area contributed by atoms with Crippen molar-refractivity contribution in [3.63, 3.8) is 0 Å². The number of carbonyl (C=O) groups is 1. The van der Waals surface area contributed by atoms with Gasteiger partial charge in [0.25, 0.3) is 11.6 Å². The monoisotopic (exact) mass is 537 g/mol. The van der Waals surface area contributed by atoms with Crippen LogP contribution in [-0.4, -0.2) is 25.5 Å². The zero-order chi connectivity index (χ0) is 23.3. The van der Waals surface area contributed by atoms with Crippen LogP contribution in [0.25, 0.3) is 0 Å². The van der Waals surface area contributed by atoms with E-state index in [-0.39, 0.29) is 20.8 Å². The van der Waals surface area contributed by atoms with Crippen molar-refractivity contribution < 1.29 is 22.3 Å². The van der Waals surface area contributed by atoms with Gasteiger partial charge in [0, 0.05) is 22.7 Å². The molecule has 12 heteroatoms. The van der Waals surface area contributed by atoms with Crippen LogP contribution in [0.15, 0.2) is 81.2 Å². The highest BCUT2D eigenvalue weighted by molar-refractivity contribution is 9.10. The number of nitro groups is 1. The van der Waals surface area contributed by atoms with Crippen molar-refractivity contribution in [1.82, 2.24) is 5.43 Å². The number of nitrogens with zero attached hydrogens (tertiary/aromatic N) is 2. The van der Waals surface area contributed by atoms with Gasteiger partial charge in [-0.25, -0.2) is 5.43 Å². The largest absolute Gasteiger partial charge is 0.378 e. The summed E-state index contributed by atoms with van der Waals surface area (Å²) in [5.74, 6) is -0.484. The molecule has 1 N–H and O–H groups in total. The average molecular weight is 539 g/mol. The van der Waals surface area contributed by atoms with E-state index in [1.807, 2.05) is 0 Å². The molecule has 0 heterocycles. The van der Waals surface area contributed by atoms with Gasteiger partial charge in [-0.3, -0.25) is 14.9 Å². The van der Waals surface area contributed by atoms with Crippen molar-refractivity contribution in [3.8, 4) is 5.75 Å². The summed E-state index contributed by atoms with van der Waals surface area (Å²) in [6.07, 6.45) is 1.35. The van der Waals surface area contributed by atoms with Gasteiger partial charge in [-0.1, -0.05) is 23.7 Å². The molecule has 0 unspecified atom stereocenters. The Morgan fingerprint density at radius 1 is 1.12 bits per heavy atom. The van der Waals surface area contributed by atoms with Crippen LogP contribution >= 0.6 is 27.5 Å². The lowest BCUT2D eigenvalue weighted by atomic mass is 10.2. The Labute approximate surface area is 196 Å². The first kappa shape index (κ1) is 23.4. The number of nitro benzene ring substituents is 1. The summed E-state index contributed by atoms with van der Waals surface area (Å²) in [6, 6.07) is 15.3. The molecule has 0 bridgehead atoms. The van der Waals surface area contributed by atoms with Crippen LogP contribution in [-0.2, 0) is 10.1 Å². The van der Waals surface area contributed by atoms with E-state index in [4.69, 9.17) is 15.8 Å². The molecule has 0 fully saturated rings. The van der Waals surface area contributed by atoms with E-state index >= 15 is 0 Å². The summed E-state index contributed by atoms with van der Waals surface area (Å²) in [4.78, 5) is 21.9. The lowest BCUT2D eigenvalue weighted by Crippen LogP contribution is -2.17. The minimum atomic E-state index is -4.30. The van der Waals surface area contributed by atoms with Crippen LogP contribution in [0.5, 0.6) is 5.75 Å². The highest BCUT2D eigenvalue weighted by atomic mass is 79.9. The molecule has 3 rings (SSSR count). The van der Waals surface area contributed by atoms with E-state index in [2.05, 4.69) is 26.5 Å². The molecule has 3 aromatic carbocycles. The third kappa shape index (κ3) is 5.90. The van der Waals surface area contributed by atoms with Gasteiger partial charge in [0.2, 0.25) is 0 Å². The Morgan fingerprint density at radius 3 is 2.56 bits per heavy atom. The first-order chi connectivity index (χ1) is 15.2. The minimum Gasteiger partial charge on any atom is -0.378 e. The predicted molar refractivity (Wildman–Crippen MR) is 122 cm³/mol. The van der Waals surface area contributed by atoms with Crippen LogP contribution in [0.4, 0.5) is 5.69 Å². The van der Waals surface area contributed by atoms with Crippen LogP contribution in [0.1, 0.15) is 15.9 Å². The second-order valence-electron chi connectivity index (χ2n) is 6.19. The molecular weight excluding hydrogens is 526 g/mol. The first-order valence-electron chi connectivity index (χ1n) is 8.73. The third-order valence-corrected chi connectivity index (χ3v) is 6.02. The zero-order valence-electron chi connectivity index (χ0n) is 15.9. The van der Waals surface area contributed by atoms with Crippen molar-refractivity contribution in [2.45, 2.75) is 4.90 Å². The van der Waals surface area contributed by atoms with Gasteiger partial charge >= 0.3 is 10.1 Å². The maximum atomic E-state index is 12.5. The fourth-order valence-corrected chi connectivity index (χ4v) is 4.21. The van der Waals surface area contributed by atoms with E-state index in [1.54, 1.807) is 18.2 Å². The smallest absolute Gasteiger partial charge is 0.339 e. The maximum Gasteiger partial charge on any atom is 0.339 e. The summed E-state index contributed by atoms with van der Waals surface area (Å²) >= 11 is 9.06. The van der Waals surface area contributed by atoms with Gasteiger partial charge in [0.1, 0.15) is 4.90 Å². The zero-order valence-corrected chi connectivity index (χ0v) is 19.1. The number of carbonyl (C=O) groups excluding carboxylic acids is 1. The fourth-order valence-electron chi connectivity index (χ4n) is 2.44. The molecule has 32 heavy (non-hydrogen) atoms. The Hall–Kier alpha value is -3.28. The van der Waals surface area contributed by atoms with E-state index in [1.165, 1.54) is 48.7 Å². The summed E-state index contributed by atoms with van der Waals surface area (Å²) in [5, 5.41) is 15.1. The Balaban J connectivity index is 1.71. The molecule has 0 radical (unpaired) electrons. The lowest BCUT2D eigenvalue weighted by Gasteiger charge is -2.09. The predicted octanol–water partition coefficient (Wildman–Crippen LogP) is 4.54. The number of non-ortho nitro benzene ring substituents is 1. The van der Waals surface area contributed by atoms with Crippen molar-refractivity contribution in [2.24, 2.45) is 5.10 Å². The number of amides is 1. The second kappa shape index (κ2) is 9.90. The Bertz CT molecular complexity index is 1330. The lowest BCUT2D eigenvalue weighted by molar-refractivity contribution is -0.385. The van der Waals surface area contributed by atoms with E-state index in [9.17, 15) is 23.3 Å². The van der Waals surface area contributed by atoms with E-state index in [0.717, 1.165) is 6.07 Å². The standard InChI is InChI=1S/C20H13BrClN3O6S/c21-18-9-13(12-23-24-20(26)14-3-1-4-15(22)10-14)7-8-19(18)31-32(29,30)17-6-2-5-16(11-17)25(27)28/h1-12H,(H,24,26)/b23-12-. The highest BCUT2D eigenvalue weighted by Gasteiger charge is 2.21. The van der Waals surface area contributed by atoms with Gasteiger partial charge < -0.3 is 4.18 Å². The van der Waals surface area contributed by atoms with Crippen molar-refractivity contribution in [1.29, 1.82) is 0 Å². The van der Waals surface area contributed by atoms with Crippen molar-refractivity contribution >= 4 is 55.5 Å². The molecule has 3 aromatic rings. The van der Waals surface area contributed by atoms with Crippen LogP contribution in [0.2, 0.25) is 5.02 Å². The minimum absolute atomic E-state index is 0.0309. The number of halogens is 2. The number of hydrogen-bond acceptors (Lipinski definition) is 7. The number of hydrogen-bond donors (Lipinski definition) is 1. The van der Waals surface area contributed by atoms with Crippen LogP contribution < -0.4 is 9.61 Å². The van der Waals surface area contributed by atoms with Crippen molar-refractivity contribution in [2.75, 3.05) is 0 Å². The number of nitrogens with one attached hydrogen (secondary N) is 1. The van der Waals surface area contributed by atoms with Gasteiger partial charge in [-0.15, -0.1) is 0 Å². The maximum absolute atomic E-state index is 12.5. The molecule has 0 saturated heterocycles. The average Bonchev–Trinajstić information content (AvgIpc) is 2.75. The number of benzene rings is 3. The number of hydrazone groups is 1. The topological polar surface area (TPSA) is 128 Å². The fraction of sp³-hybridized carbons (Fsp3) is 0. The highest BCUT2D eigenvalue weighted by Crippen LogP contribution is 2.29. The molecule has 0 aromatic heterocycles. The number of rotatable bonds is 7. The quantitative estimate of drug-likeness (QED) is 0.203. The molecule has 164 valence electrons. The van der Waals surface area contributed by atoms with E-state index < -0.39 is 20.9 Å². The summed E-state index contributed by atoms with van der Waals surface area (Å²) in [7, 11) is -4.30. The normalized spacial score (nSPS) is 11.3. The van der Waals surface area contributed by atoms with E-state index in [0.29, 0.717) is 16.1 Å². The van der Waals surface area contributed by atoms with Gasteiger partial charge in [-0.05, 0) is 64.0 Å². The van der Waals surface area contributed by atoms with Gasteiger partial charge in [0.15, 0.2) is 5.75 Å². The van der Waals surface area contributed by atoms with Gasteiger partial charge in [0.05, 0.1) is 15.6 Å². The summed E-state index contributed by atoms with van der Waals surface area (Å²) in [5.41, 5.74) is 2.85. The molecule has 9 nitrogen and oxygen atoms in total. The Kier molecular flexibility index (Phi) is 7.23.